The van der Waals surface area contributed by atoms with Gasteiger partial charge in [0.2, 0.25) is 0 Å². The number of halogens is 1. The van der Waals surface area contributed by atoms with Gasteiger partial charge in [-0.15, -0.1) is 5.48 Å². The third-order valence-corrected chi connectivity index (χ3v) is 1.55. The Kier molecular flexibility index (Phi) is 2.90. The van der Waals surface area contributed by atoms with Crippen molar-refractivity contribution >= 4 is 21.9 Å². The first-order valence-electron chi connectivity index (χ1n) is 3.20. The van der Waals surface area contributed by atoms with Crippen LogP contribution in [0, 0.1) is 0 Å². The second-order valence-corrected chi connectivity index (χ2v) is 2.70. The fourth-order valence-corrected chi connectivity index (χ4v) is 1.02. The van der Waals surface area contributed by atoms with E-state index >= 15 is 0 Å². The van der Waals surface area contributed by atoms with E-state index in [0.717, 1.165) is 0 Å². The van der Waals surface area contributed by atoms with Crippen molar-refractivity contribution in [3.8, 4) is 0 Å². The van der Waals surface area contributed by atoms with Crippen molar-refractivity contribution in [2.24, 2.45) is 0 Å². The maximum absolute atomic E-state index is 11.0. The first-order valence-corrected chi connectivity index (χ1v) is 3.99. The number of carbonyl (C=O) groups is 1. The van der Waals surface area contributed by atoms with Gasteiger partial charge in [-0.3, -0.25) is 0 Å². The molecule has 1 aliphatic rings. The number of hydrogen-bond donors (Lipinski definition) is 1. The van der Waals surface area contributed by atoms with E-state index in [2.05, 4.69) is 21.4 Å². The van der Waals surface area contributed by atoms with Crippen molar-refractivity contribution in [1.82, 2.24) is 5.48 Å². The fraction of sp³-hybridized carbons (Fsp3) is 0.500. The zero-order chi connectivity index (χ0) is 8.27. The van der Waals surface area contributed by atoms with Gasteiger partial charge in [-0.25, -0.2) is 4.79 Å². The molecule has 0 fully saturated rings. The minimum Gasteiger partial charge on any atom is -0.464 e. The van der Waals surface area contributed by atoms with Crippen molar-refractivity contribution in [3.05, 3.63) is 10.7 Å². The normalized spacial score (nSPS) is 22.4. The van der Waals surface area contributed by atoms with Crippen LogP contribution >= 0.6 is 15.9 Å². The van der Waals surface area contributed by atoms with Gasteiger partial charge >= 0.3 is 5.97 Å². The van der Waals surface area contributed by atoms with Crippen molar-refractivity contribution in [2.45, 2.75) is 13.0 Å². The Morgan fingerprint density at radius 1 is 2.00 bits per heavy atom. The zero-order valence-electron chi connectivity index (χ0n) is 5.96. The van der Waals surface area contributed by atoms with Crippen LogP contribution < -0.4 is 5.48 Å². The SMILES string of the molecule is CCOC(=O)C1C=C(Br)ON1. The van der Waals surface area contributed by atoms with Crippen molar-refractivity contribution in [1.29, 1.82) is 0 Å². The van der Waals surface area contributed by atoms with Gasteiger partial charge in [-0.1, -0.05) is 0 Å². The average molecular weight is 222 g/mol. The summed E-state index contributed by atoms with van der Waals surface area (Å²) in [6.45, 7) is 2.13. The van der Waals surface area contributed by atoms with E-state index in [1.54, 1.807) is 13.0 Å². The maximum Gasteiger partial charge on any atom is 0.330 e. The van der Waals surface area contributed by atoms with Gasteiger partial charge in [0.05, 0.1) is 6.61 Å². The highest BCUT2D eigenvalue weighted by atomic mass is 79.9. The standard InChI is InChI=1S/C6H8BrNO3/c1-2-10-6(9)4-3-5(7)11-8-4/h3-4,8H,2H2,1H3. The molecule has 0 aromatic rings. The quantitative estimate of drug-likeness (QED) is 0.698. The summed E-state index contributed by atoms with van der Waals surface area (Å²) >= 11 is 3.07. The number of hydrogen-bond acceptors (Lipinski definition) is 4. The molecule has 0 aliphatic carbocycles. The van der Waals surface area contributed by atoms with E-state index < -0.39 is 6.04 Å². The van der Waals surface area contributed by atoms with Crippen molar-refractivity contribution in [3.63, 3.8) is 0 Å². The molecule has 0 saturated heterocycles. The topological polar surface area (TPSA) is 47.6 Å². The Hall–Kier alpha value is -0.550. The molecule has 0 aromatic carbocycles. The van der Waals surface area contributed by atoms with Crippen LogP contribution in [-0.2, 0) is 14.4 Å². The summed E-state index contributed by atoms with van der Waals surface area (Å²) in [5.41, 5.74) is 2.48. The zero-order valence-corrected chi connectivity index (χ0v) is 7.55. The lowest BCUT2D eigenvalue weighted by Gasteiger charge is -2.05. The molecule has 1 rings (SSSR count). The molecule has 0 amide bonds. The van der Waals surface area contributed by atoms with Gasteiger partial charge < -0.3 is 9.57 Å². The summed E-state index contributed by atoms with van der Waals surface area (Å²) in [7, 11) is 0. The van der Waals surface area contributed by atoms with E-state index in [1.807, 2.05) is 0 Å². The molecule has 5 heteroatoms. The highest BCUT2D eigenvalue weighted by molar-refractivity contribution is 9.11. The third-order valence-electron chi connectivity index (χ3n) is 1.12. The van der Waals surface area contributed by atoms with E-state index in [0.29, 0.717) is 11.3 Å². The van der Waals surface area contributed by atoms with Gasteiger partial charge in [-0.05, 0) is 28.9 Å². The Labute approximate surface area is 72.6 Å². The van der Waals surface area contributed by atoms with Gasteiger partial charge in [0.15, 0.2) is 10.7 Å². The lowest BCUT2D eigenvalue weighted by molar-refractivity contribution is -0.145. The second-order valence-electron chi connectivity index (χ2n) is 1.92. The molecule has 0 bridgehead atoms. The predicted molar refractivity (Wildman–Crippen MR) is 41.7 cm³/mol. The first-order chi connectivity index (χ1) is 5.24. The Morgan fingerprint density at radius 3 is 3.18 bits per heavy atom. The smallest absolute Gasteiger partial charge is 0.330 e. The minimum absolute atomic E-state index is 0.332. The minimum atomic E-state index is -0.482. The third kappa shape index (κ3) is 2.20. The molecule has 62 valence electrons. The number of ether oxygens (including phenoxy) is 1. The lowest BCUT2D eigenvalue weighted by Crippen LogP contribution is -2.31. The van der Waals surface area contributed by atoms with Gasteiger partial charge in [0.1, 0.15) is 0 Å². The highest BCUT2D eigenvalue weighted by Crippen LogP contribution is 2.13. The first kappa shape index (κ1) is 8.55. The summed E-state index contributed by atoms with van der Waals surface area (Å²) in [6.07, 6.45) is 1.60. The van der Waals surface area contributed by atoms with E-state index in [-0.39, 0.29) is 5.97 Å². The van der Waals surface area contributed by atoms with E-state index in [4.69, 9.17) is 9.57 Å². The Bertz CT molecular complexity index is 192. The lowest BCUT2D eigenvalue weighted by atomic mass is 10.3. The molecule has 1 N–H and O–H groups in total. The molecule has 0 aromatic heterocycles. The molecule has 1 atom stereocenters. The summed E-state index contributed by atoms with van der Waals surface area (Å²) in [4.78, 5) is 15.7. The van der Waals surface area contributed by atoms with Crippen LogP contribution in [0.25, 0.3) is 0 Å². The van der Waals surface area contributed by atoms with Crippen LogP contribution in [0.1, 0.15) is 6.92 Å². The molecule has 0 spiro atoms. The van der Waals surface area contributed by atoms with Crippen LogP contribution in [0.5, 0.6) is 0 Å². The number of rotatable bonds is 2. The monoisotopic (exact) mass is 221 g/mol. The predicted octanol–water partition coefficient (Wildman–Crippen LogP) is 0.689. The summed E-state index contributed by atoms with van der Waals surface area (Å²) in [6, 6.07) is -0.482. The van der Waals surface area contributed by atoms with Crippen LogP contribution in [0.15, 0.2) is 10.7 Å². The molecule has 0 radical (unpaired) electrons. The Balaban J connectivity index is 2.43. The number of esters is 1. The van der Waals surface area contributed by atoms with Crippen LogP contribution in [0.4, 0.5) is 0 Å². The van der Waals surface area contributed by atoms with Gasteiger partial charge in [0.25, 0.3) is 0 Å². The van der Waals surface area contributed by atoms with Crippen LogP contribution in [0.2, 0.25) is 0 Å². The van der Waals surface area contributed by atoms with Gasteiger partial charge in [0, 0.05) is 0 Å². The average Bonchev–Trinajstić information content (AvgIpc) is 2.36. The fourth-order valence-electron chi connectivity index (χ4n) is 0.667. The van der Waals surface area contributed by atoms with Gasteiger partial charge in [-0.2, -0.15) is 0 Å². The molecular formula is C6H8BrNO3. The number of nitrogens with one attached hydrogen (secondary N) is 1. The molecule has 11 heavy (non-hydrogen) atoms. The second kappa shape index (κ2) is 3.73. The molecular weight excluding hydrogens is 214 g/mol. The highest BCUT2D eigenvalue weighted by Gasteiger charge is 2.23. The van der Waals surface area contributed by atoms with Crippen molar-refractivity contribution < 1.29 is 14.4 Å². The molecule has 1 heterocycles. The molecule has 1 unspecified atom stereocenters. The summed E-state index contributed by atoms with van der Waals surface area (Å²) in [5.74, 6) is -0.332. The largest absolute Gasteiger partial charge is 0.464 e. The maximum atomic E-state index is 11.0. The summed E-state index contributed by atoms with van der Waals surface area (Å²) in [5, 5.41) is 0. The van der Waals surface area contributed by atoms with Crippen molar-refractivity contribution in [2.75, 3.05) is 6.61 Å². The molecule has 0 saturated carbocycles. The molecule has 1 aliphatic heterocycles. The van der Waals surface area contributed by atoms with E-state index in [1.165, 1.54) is 0 Å². The number of hydroxylamine groups is 1. The van der Waals surface area contributed by atoms with E-state index in [9.17, 15) is 4.79 Å². The molecule has 4 nitrogen and oxygen atoms in total. The summed E-state index contributed by atoms with van der Waals surface area (Å²) < 4.78 is 5.24. The van der Waals surface area contributed by atoms with Crippen LogP contribution in [0.3, 0.4) is 0 Å². The Morgan fingerprint density at radius 2 is 2.73 bits per heavy atom. The van der Waals surface area contributed by atoms with Crippen LogP contribution in [-0.4, -0.2) is 18.6 Å². The number of carbonyl (C=O) groups excluding carboxylic acids is 1.